The van der Waals surface area contributed by atoms with E-state index >= 15 is 0 Å². The Bertz CT molecular complexity index is 1310. The molecule has 0 bridgehead atoms. The van der Waals surface area contributed by atoms with Gasteiger partial charge in [0, 0.05) is 47.2 Å². The molecule has 176 valence electrons. The molecule has 1 N–H and O–H groups in total. The first kappa shape index (κ1) is 23.6. The van der Waals surface area contributed by atoms with Crippen molar-refractivity contribution in [2.45, 2.75) is 59.2 Å². The van der Waals surface area contributed by atoms with Crippen molar-refractivity contribution in [1.29, 1.82) is 0 Å². The topological polar surface area (TPSA) is 79.5 Å². The van der Waals surface area contributed by atoms with E-state index in [0.29, 0.717) is 22.6 Å². The molecular formula is C28H31N3O3. The number of aromatic nitrogens is 2. The first-order valence-corrected chi connectivity index (χ1v) is 11.6. The van der Waals surface area contributed by atoms with Crippen LogP contribution in [0, 0.1) is 0 Å². The van der Waals surface area contributed by atoms with Crippen molar-refractivity contribution in [2.24, 2.45) is 0 Å². The summed E-state index contributed by atoms with van der Waals surface area (Å²) >= 11 is 0. The van der Waals surface area contributed by atoms with Gasteiger partial charge in [-0.3, -0.25) is 14.8 Å². The fourth-order valence-corrected chi connectivity index (χ4v) is 4.23. The number of rotatable bonds is 6. The Morgan fingerprint density at radius 2 is 1.56 bits per heavy atom. The molecule has 6 nitrogen and oxygen atoms in total. The lowest BCUT2D eigenvalue weighted by Gasteiger charge is -2.30. The van der Waals surface area contributed by atoms with Crippen molar-refractivity contribution in [3.8, 4) is 22.5 Å². The van der Waals surface area contributed by atoms with Crippen LogP contribution >= 0.6 is 0 Å². The van der Waals surface area contributed by atoms with Gasteiger partial charge in [0.25, 0.3) is 5.91 Å². The highest BCUT2D eigenvalue weighted by Gasteiger charge is 2.22. The Morgan fingerprint density at radius 1 is 0.912 bits per heavy atom. The van der Waals surface area contributed by atoms with Gasteiger partial charge in [0.15, 0.2) is 5.58 Å². The third-order valence-corrected chi connectivity index (χ3v) is 5.87. The first-order valence-electron chi connectivity index (χ1n) is 11.6. The lowest BCUT2D eigenvalue weighted by Crippen LogP contribution is -2.42. The second kappa shape index (κ2) is 9.03. The summed E-state index contributed by atoms with van der Waals surface area (Å²) in [4.78, 5) is 23.6. The molecular weight excluding hydrogens is 426 g/mol. The van der Waals surface area contributed by atoms with Gasteiger partial charge in [0.2, 0.25) is 0 Å². The summed E-state index contributed by atoms with van der Waals surface area (Å²) in [5, 5.41) is 10.4. The molecule has 4 aromatic rings. The Kier molecular flexibility index (Phi) is 6.28. The maximum absolute atomic E-state index is 13.0. The lowest BCUT2D eigenvalue weighted by atomic mass is 10.00. The minimum absolute atomic E-state index is 0.0189. The number of aliphatic hydroxyl groups is 1. The van der Waals surface area contributed by atoms with Crippen molar-refractivity contribution in [3.63, 3.8) is 0 Å². The fraction of sp³-hybridized carbons (Fsp3) is 0.321. The van der Waals surface area contributed by atoms with E-state index < -0.39 is 5.60 Å². The molecule has 34 heavy (non-hydrogen) atoms. The molecule has 0 fully saturated rings. The van der Waals surface area contributed by atoms with E-state index in [2.05, 4.69) is 9.97 Å². The third kappa shape index (κ3) is 4.59. The molecule has 1 amide bonds. The van der Waals surface area contributed by atoms with Crippen molar-refractivity contribution in [1.82, 2.24) is 14.9 Å². The van der Waals surface area contributed by atoms with Gasteiger partial charge in [-0.2, -0.15) is 0 Å². The molecule has 0 spiro atoms. The summed E-state index contributed by atoms with van der Waals surface area (Å²) in [6.45, 7) is 11.5. The highest BCUT2D eigenvalue weighted by atomic mass is 16.3. The van der Waals surface area contributed by atoms with E-state index in [1.165, 1.54) is 0 Å². The van der Waals surface area contributed by atoms with Gasteiger partial charge in [-0.1, -0.05) is 12.1 Å². The van der Waals surface area contributed by atoms with Crippen LogP contribution in [-0.2, 0) is 5.60 Å². The van der Waals surface area contributed by atoms with E-state index in [0.717, 1.165) is 22.2 Å². The molecule has 0 saturated carbocycles. The van der Waals surface area contributed by atoms with Gasteiger partial charge in [0.05, 0.1) is 5.69 Å². The molecule has 1 aromatic carbocycles. The van der Waals surface area contributed by atoms with E-state index in [1.54, 1.807) is 26.2 Å². The number of fused-ring (bicyclic) bond motifs is 1. The van der Waals surface area contributed by atoms with Crippen LogP contribution in [-0.4, -0.2) is 38.0 Å². The van der Waals surface area contributed by atoms with Crippen LogP contribution in [0.3, 0.4) is 0 Å². The predicted molar refractivity (Wildman–Crippen MR) is 134 cm³/mol. The Morgan fingerprint density at radius 3 is 2.18 bits per heavy atom. The van der Waals surface area contributed by atoms with Crippen LogP contribution in [0.2, 0.25) is 0 Å². The number of pyridine rings is 2. The zero-order valence-corrected chi connectivity index (χ0v) is 20.5. The zero-order valence-electron chi connectivity index (χ0n) is 20.5. The van der Waals surface area contributed by atoms with Crippen LogP contribution in [0.25, 0.3) is 33.6 Å². The van der Waals surface area contributed by atoms with Crippen molar-refractivity contribution < 1.29 is 14.3 Å². The molecule has 4 rings (SSSR count). The van der Waals surface area contributed by atoms with Crippen LogP contribution in [0.1, 0.15) is 57.6 Å². The fourth-order valence-electron chi connectivity index (χ4n) is 4.23. The van der Waals surface area contributed by atoms with Crippen LogP contribution in [0.5, 0.6) is 0 Å². The molecule has 0 atom stereocenters. The molecule has 3 aromatic heterocycles. The van der Waals surface area contributed by atoms with Gasteiger partial charge < -0.3 is 14.4 Å². The molecule has 6 heteroatoms. The number of hydrogen-bond acceptors (Lipinski definition) is 5. The van der Waals surface area contributed by atoms with Gasteiger partial charge in [-0.25, -0.2) is 0 Å². The minimum atomic E-state index is -1.05. The minimum Gasteiger partial charge on any atom is -0.454 e. The summed E-state index contributed by atoms with van der Waals surface area (Å²) in [6, 6.07) is 15.3. The number of furan rings is 1. The standard InChI is InChI=1S/C28H31N3O3/c1-17(2)31(18(3)4)27(32)20-9-7-19(8-10-20)24-16-23-26(34-24)22(12-14-29-23)21-11-13-30-25(15-21)28(5,6)33/h7-18,33H,1-6H3. The van der Waals surface area contributed by atoms with Crippen LogP contribution < -0.4 is 0 Å². The molecule has 0 radical (unpaired) electrons. The number of carbonyl (C=O) groups is 1. The molecule has 0 aliphatic rings. The first-order chi connectivity index (χ1) is 16.1. The highest BCUT2D eigenvalue weighted by Crippen LogP contribution is 2.34. The quantitative estimate of drug-likeness (QED) is 0.382. The average Bonchev–Trinajstić information content (AvgIpc) is 3.22. The van der Waals surface area contributed by atoms with Crippen LogP contribution in [0.4, 0.5) is 0 Å². The lowest BCUT2D eigenvalue weighted by molar-refractivity contribution is 0.0643. The second-order valence-electron chi connectivity index (χ2n) is 9.65. The number of hydrogen-bond donors (Lipinski definition) is 1. The highest BCUT2D eigenvalue weighted by molar-refractivity contribution is 5.95. The van der Waals surface area contributed by atoms with Gasteiger partial charge in [-0.05, 0) is 77.4 Å². The van der Waals surface area contributed by atoms with E-state index in [9.17, 15) is 9.90 Å². The number of amides is 1. The SMILES string of the molecule is CC(C)N(C(=O)c1ccc(-c2cc3nccc(-c4ccnc(C(C)(C)O)c4)c3o2)cc1)C(C)C. The Labute approximate surface area is 200 Å². The van der Waals surface area contributed by atoms with Gasteiger partial charge in [0.1, 0.15) is 16.9 Å². The summed E-state index contributed by atoms with van der Waals surface area (Å²) in [6.07, 6.45) is 3.43. The van der Waals surface area contributed by atoms with Gasteiger partial charge in [-0.15, -0.1) is 0 Å². The normalized spacial score (nSPS) is 12.0. The van der Waals surface area contributed by atoms with Crippen LogP contribution in [0.15, 0.2) is 65.3 Å². The van der Waals surface area contributed by atoms with Crippen molar-refractivity contribution in [3.05, 3.63) is 72.2 Å². The molecule has 0 unspecified atom stereocenters. The molecule has 0 aliphatic carbocycles. The number of benzene rings is 1. The third-order valence-electron chi connectivity index (χ3n) is 5.87. The number of nitrogens with zero attached hydrogens (tertiary/aromatic N) is 3. The second-order valence-corrected chi connectivity index (χ2v) is 9.65. The summed E-state index contributed by atoms with van der Waals surface area (Å²) in [5.41, 5.74) is 4.22. The maximum Gasteiger partial charge on any atom is 0.254 e. The summed E-state index contributed by atoms with van der Waals surface area (Å²) in [5.74, 6) is 0.695. The van der Waals surface area contributed by atoms with E-state index in [-0.39, 0.29) is 18.0 Å². The van der Waals surface area contributed by atoms with E-state index in [1.807, 2.05) is 81.1 Å². The smallest absolute Gasteiger partial charge is 0.254 e. The predicted octanol–water partition coefficient (Wildman–Crippen LogP) is 6.04. The summed E-state index contributed by atoms with van der Waals surface area (Å²) < 4.78 is 6.25. The maximum atomic E-state index is 13.0. The molecule has 3 heterocycles. The van der Waals surface area contributed by atoms with Crippen molar-refractivity contribution >= 4 is 17.0 Å². The number of carbonyl (C=O) groups excluding carboxylic acids is 1. The van der Waals surface area contributed by atoms with E-state index in [4.69, 9.17) is 4.42 Å². The monoisotopic (exact) mass is 457 g/mol. The largest absolute Gasteiger partial charge is 0.454 e. The summed E-state index contributed by atoms with van der Waals surface area (Å²) in [7, 11) is 0. The Hall–Kier alpha value is -3.51. The van der Waals surface area contributed by atoms with Crippen molar-refractivity contribution in [2.75, 3.05) is 0 Å². The molecule has 0 saturated heterocycles. The Balaban J connectivity index is 1.69. The molecule has 0 aliphatic heterocycles. The zero-order chi connectivity index (χ0) is 24.6. The van der Waals surface area contributed by atoms with Gasteiger partial charge >= 0.3 is 0 Å². The average molecular weight is 458 g/mol.